The highest BCUT2D eigenvalue weighted by molar-refractivity contribution is 7.80. The van der Waals surface area contributed by atoms with Crippen LogP contribution in [0, 0.1) is 0 Å². The number of aromatic nitrogens is 2. The maximum Gasteiger partial charge on any atom is 0.228 e. The summed E-state index contributed by atoms with van der Waals surface area (Å²) in [6, 6.07) is 1.76. The zero-order valence-corrected chi connectivity index (χ0v) is 9.35. The Bertz CT molecular complexity index is 304. The van der Waals surface area contributed by atoms with Crippen molar-refractivity contribution < 1.29 is 0 Å². The van der Waals surface area contributed by atoms with Crippen molar-refractivity contribution >= 4 is 23.3 Å². The molecule has 1 rings (SSSR count). The van der Waals surface area contributed by atoms with Gasteiger partial charge in [0, 0.05) is 17.9 Å². The summed E-state index contributed by atoms with van der Waals surface area (Å²) in [5.74, 6) is 0.509. The highest BCUT2D eigenvalue weighted by Gasteiger charge is 2.11. The Kier molecular flexibility index (Phi) is 3.35. The number of hydrogen-bond donors (Lipinski definition) is 2. The molecular formula is C9H14N4S. The van der Waals surface area contributed by atoms with Crippen molar-refractivity contribution in [2.45, 2.75) is 26.3 Å². The van der Waals surface area contributed by atoms with E-state index in [2.05, 4.69) is 20.6 Å². The molecule has 1 aromatic rings. The smallest absolute Gasteiger partial charge is 0.228 e. The third-order valence-corrected chi connectivity index (χ3v) is 1.48. The molecule has 0 atom stereocenters. The van der Waals surface area contributed by atoms with E-state index in [-0.39, 0.29) is 5.54 Å². The standard InChI is InChI=1S/C9H14N4S/c1-9(2,3)13-8(14)12-7-10-5-4-6-11-7/h4-6H,1-3H3,(H2,10,11,12,13,14). The van der Waals surface area contributed by atoms with E-state index in [4.69, 9.17) is 12.2 Å². The molecule has 1 heterocycles. The topological polar surface area (TPSA) is 49.8 Å². The first-order valence-electron chi connectivity index (χ1n) is 4.33. The summed E-state index contributed by atoms with van der Waals surface area (Å²) in [6.45, 7) is 6.10. The van der Waals surface area contributed by atoms with Crippen LogP contribution in [0.25, 0.3) is 0 Å². The molecule has 0 aliphatic carbocycles. The van der Waals surface area contributed by atoms with E-state index in [0.717, 1.165) is 0 Å². The molecule has 2 N–H and O–H groups in total. The van der Waals surface area contributed by atoms with Crippen molar-refractivity contribution in [2.24, 2.45) is 0 Å². The predicted molar refractivity (Wildman–Crippen MR) is 61.1 cm³/mol. The van der Waals surface area contributed by atoms with Crippen LogP contribution in [-0.4, -0.2) is 20.6 Å². The van der Waals surface area contributed by atoms with Gasteiger partial charge in [-0.05, 0) is 39.1 Å². The van der Waals surface area contributed by atoms with Crippen molar-refractivity contribution in [3.8, 4) is 0 Å². The number of nitrogens with one attached hydrogen (secondary N) is 2. The molecule has 0 aromatic carbocycles. The maximum absolute atomic E-state index is 5.08. The monoisotopic (exact) mass is 210 g/mol. The first kappa shape index (κ1) is 10.8. The van der Waals surface area contributed by atoms with Gasteiger partial charge in [0.1, 0.15) is 0 Å². The molecule has 0 spiro atoms. The van der Waals surface area contributed by atoms with Gasteiger partial charge in [-0.25, -0.2) is 9.97 Å². The second kappa shape index (κ2) is 4.32. The minimum atomic E-state index is -0.0567. The normalized spacial score (nSPS) is 10.8. The summed E-state index contributed by atoms with van der Waals surface area (Å²) in [4.78, 5) is 8.00. The van der Waals surface area contributed by atoms with E-state index in [1.54, 1.807) is 18.5 Å². The van der Waals surface area contributed by atoms with E-state index in [1.807, 2.05) is 20.8 Å². The van der Waals surface area contributed by atoms with Crippen molar-refractivity contribution in [3.63, 3.8) is 0 Å². The van der Waals surface area contributed by atoms with Crippen molar-refractivity contribution in [2.75, 3.05) is 5.32 Å². The molecule has 5 heteroatoms. The molecule has 0 saturated carbocycles. The lowest BCUT2D eigenvalue weighted by molar-refractivity contribution is 0.514. The molecular weight excluding hydrogens is 196 g/mol. The van der Waals surface area contributed by atoms with Crippen molar-refractivity contribution in [3.05, 3.63) is 18.5 Å². The fourth-order valence-electron chi connectivity index (χ4n) is 0.837. The number of rotatable bonds is 1. The number of hydrogen-bond acceptors (Lipinski definition) is 3. The van der Waals surface area contributed by atoms with Gasteiger partial charge in [0.2, 0.25) is 5.95 Å². The Morgan fingerprint density at radius 3 is 2.36 bits per heavy atom. The highest BCUT2D eigenvalue weighted by atomic mass is 32.1. The summed E-state index contributed by atoms with van der Waals surface area (Å²) >= 11 is 5.08. The molecule has 14 heavy (non-hydrogen) atoms. The van der Waals surface area contributed by atoms with Gasteiger partial charge in [-0.1, -0.05) is 0 Å². The summed E-state index contributed by atoms with van der Waals surface area (Å²) in [6.07, 6.45) is 3.32. The number of anilines is 1. The second-order valence-electron chi connectivity index (χ2n) is 3.90. The molecule has 0 aliphatic heterocycles. The molecule has 1 aromatic heterocycles. The number of nitrogens with zero attached hydrogens (tertiary/aromatic N) is 2. The Hall–Kier alpha value is -1.23. The van der Waals surface area contributed by atoms with E-state index in [9.17, 15) is 0 Å². The third kappa shape index (κ3) is 4.13. The Labute approximate surface area is 89.2 Å². The lowest BCUT2D eigenvalue weighted by Gasteiger charge is -2.22. The van der Waals surface area contributed by atoms with E-state index in [0.29, 0.717) is 11.1 Å². The van der Waals surface area contributed by atoms with Crippen LogP contribution in [0.2, 0.25) is 0 Å². The zero-order chi connectivity index (χ0) is 10.6. The average Bonchev–Trinajstić information content (AvgIpc) is 2.02. The average molecular weight is 210 g/mol. The van der Waals surface area contributed by atoms with Crippen molar-refractivity contribution in [1.82, 2.24) is 15.3 Å². The van der Waals surface area contributed by atoms with Crippen LogP contribution >= 0.6 is 12.2 Å². The van der Waals surface area contributed by atoms with Crippen LogP contribution in [0.3, 0.4) is 0 Å². The second-order valence-corrected chi connectivity index (χ2v) is 4.31. The molecule has 0 saturated heterocycles. The third-order valence-electron chi connectivity index (χ3n) is 1.28. The summed E-state index contributed by atoms with van der Waals surface area (Å²) in [5.41, 5.74) is -0.0567. The van der Waals surface area contributed by atoms with Gasteiger partial charge in [-0.3, -0.25) is 0 Å². The lowest BCUT2D eigenvalue weighted by atomic mass is 10.1. The first-order valence-corrected chi connectivity index (χ1v) is 4.74. The van der Waals surface area contributed by atoms with Crippen LogP contribution in [0.15, 0.2) is 18.5 Å². The molecule has 0 bridgehead atoms. The van der Waals surface area contributed by atoms with Gasteiger partial charge in [-0.2, -0.15) is 0 Å². The summed E-state index contributed by atoms with van der Waals surface area (Å²) in [7, 11) is 0. The molecule has 4 nitrogen and oxygen atoms in total. The molecule has 0 aliphatic rings. The molecule has 0 fully saturated rings. The van der Waals surface area contributed by atoms with Gasteiger partial charge in [0.15, 0.2) is 5.11 Å². The lowest BCUT2D eigenvalue weighted by Crippen LogP contribution is -2.43. The van der Waals surface area contributed by atoms with E-state index < -0.39 is 0 Å². The van der Waals surface area contributed by atoms with Crippen LogP contribution < -0.4 is 10.6 Å². The van der Waals surface area contributed by atoms with E-state index in [1.165, 1.54) is 0 Å². The summed E-state index contributed by atoms with van der Waals surface area (Å²) in [5, 5.41) is 6.54. The molecule has 76 valence electrons. The minimum Gasteiger partial charge on any atom is -0.358 e. The van der Waals surface area contributed by atoms with Crippen LogP contribution in [-0.2, 0) is 0 Å². The fraction of sp³-hybridized carbons (Fsp3) is 0.444. The Morgan fingerprint density at radius 2 is 1.86 bits per heavy atom. The van der Waals surface area contributed by atoms with Crippen LogP contribution in [0.1, 0.15) is 20.8 Å². The Balaban J connectivity index is 2.50. The fourth-order valence-corrected chi connectivity index (χ4v) is 1.23. The Morgan fingerprint density at radius 1 is 1.29 bits per heavy atom. The number of thiocarbonyl (C=S) groups is 1. The van der Waals surface area contributed by atoms with E-state index >= 15 is 0 Å². The first-order chi connectivity index (χ1) is 6.47. The minimum absolute atomic E-state index is 0.0567. The zero-order valence-electron chi connectivity index (χ0n) is 8.53. The largest absolute Gasteiger partial charge is 0.358 e. The SMILES string of the molecule is CC(C)(C)NC(=S)Nc1ncccn1. The van der Waals surface area contributed by atoms with Gasteiger partial charge < -0.3 is 10.6 Å². The van der Waals surface area contributed by atoms with Gasteiger partial charge in [0.25, 0.3) is 0 Å². The van der Waals surface area contributed by atoms with Gasteiger partial charge in [-0.15, -0.1) is 0 Å². The van der Waals surface area contributed by atoms with Gasteiger partial charge >= 0.3 is 0 Å². The predicted octanol–water partition coefficient (Wildman–Crippen LogP) is 1.56. The quantitative estimate of drug-likeness (QED) is 0.689. The highest BCUT2D eigenvalue weighted by Crippen LogP contribution is 2.00. The maximum atomic E-state index is 5.08. The van der Waals surface area contributed by atoms with Crippen LogP contribution in [0.4, 0.5) is 5.95 Å². The van der Waals surface area contributed by atoms with Crippen LogP contribution in [0.5, 0.6) is 0 Å². The molecule has 0 amide bonds. The van der Waals surface area contributed by atoms with Gasteiger partial charge in [0.05, 0.1) is 0 Å². The molecule has 0 unspecified atom stereocenters. The summed E-state index contributed by atoms with van der Waals surface area (Å²) < 4.78 is 0. The van der Waals surface area contributed by atoms with Crippen molar-refractivity contribution in [1.29, 1.82) is 0 Å². The molecule has 0 radical (unpaired) electrons.